The predicted octanol–water partition coefficient (Wildman–Crippen LogP) is 0.0692. The van der Waals surface area contributed by atoms with Gasteiger partial charge >= 0.3 is 0 Å². The first-order valence-electron chi connectivity index (χ1n) is 5.78. The molecular weight excluding hydrogens is 192 g/mol. The van der Waals surface area contributed by atoms with Gasteiger partial charge in [-0.2, -0.15) is 0 Å². The van der Waals surface area contributed by atoms with Crippen molar-refractivity contribution in [1.82, 2.24) is 10.2 Å². The van der Waals surface area contributed by atoms with E-state index in [0.717, 1.165) is 39.0 Å². The second-order valence-electron chi connectivity index (χ2n) is 4.49. The summed E-state index contributed by atoms with van der Waals surface area (Å²) in [5, 5.41) is 12.9. The van der Waals surface area contributed by atoms with Gasteiger partial charge in [0.1, 0.15) is 0 Å². The molecule has 90 valence electrons. The van der Waals surface area contributed by atoms with Crippen molar-refractivity contribution in [2.75, 3.05) is 46.5 Å². The fraction of sp³-hybridized carbons (Fsp3) is 1.00. The molecule has 0 aromatic carbocycles. The van der Waals surface area contributed by atoms with Crippen LogP contribution < -0.4 is 5.32 Å². The van der Waals surface area contributed by atoms with E-state index in [1.54, 1.807) is 7.11 Å². The molecule has 4 heteroatoms. The van der Waals surface area contributed by atoms with Crippen LogP contribution in [0, 0.1) is 0 Å². The average Bonchev–Trinajstić information content (AvgIpc) is 2.54. The molecule has 15 heavy (non-hydrogen) atoms. The van der Waals surface area contributed by atoms with Crippen LogP contribution >= 0.6 is 0 Å². The molecule has 0 spiro atoms. The van der Waals surface area contributed by atoms with Crippen LogP contribution in [0.2, 0.25) is 0 Å². The Morgan fingerprint density at radius 3 is 2.87 bits per heavy atom. The van der Waals surface area contributed by atoms with Gasteiger partial charge in [0.2, 0.25) is 0 Å². The lowest BCUT2D eigenvalue weighted by Crippen LogP contribution is -2.51. The molecule has 1 aliphatic heterocycles. The monoisotopic (exact) mass is 216 g/mol. The van der Waals surface area contributed by atoms with Gasteiger partial charge in [0.25, 0.3) is 0 Å². The third-order valence-electron chi connectivity index (χ3n) is 3.29. The van der Waals surface area contributed by atoms with Crippen LogP contribution in [0.1, 0.15) is 19.8 Å². The Kier molecular flexibility index (Phi) is 5.53. The normalized spacial score (nSPS) is 23.4. The summed E-state index contributed by atoms with van der Waals surface area (Å²) < 4.78 is 5.11. The molecule has 0 bridgehead atoms. The van der Waals surface area contributed by atoms with Crippen LogP contribution in [0.3, 0.4) is 0 Å². The van der Waals surface area contributed by atoms with Crippen molar-refractivity contribution in [3.8, 4) is 0 Å². The lowest BCUT2D eigenvalue weighted by Gasteiger charge is -2.39. The van der Waals surface area contributed by atoms with E-state index in [9.17, 15) is 5.11 Å². The molecule has 1 atom stereocenters. The molecule has 0 aliphatic carbocycles. The zero-order valence-corrected chi connectivity index (χ0v) is 9.96. The van der Waals surface area contributed by atoms with E-state index >= 15 is 0 Å². The van der Waals surface area contributed by atoms with Crippen LogP contribution in [0.15, 0.2) is 0 Å². The van der Waals surface area contributed by atoms with Gasteiger partial charge in [-0.15, -0.1) is 0 Å². The molecule has 0 radical (unpaired) electrons. The van der Waals surface area contributed by atoms with E-state index in [-0.39, 0.29) is 12.1 Å². The second-order valence-corrected chi connectivity index (χ2v) is 4.49. The van der Waals surface area contributed by atoms with Crippen LogP contribution in [-0.2, 0) is 4.74 Å². The van der Waals surface area contributed by atoms with Gasteiger partial charge in [-0.1, -0.05) is 0 Å². The van der Waals surface area contributed by atoms with Gasteiger partial charge in [0, 0.05) is 38.9 Å². The third-order valence-corrected chi connectivity index (χ3v) is 3.29. The number of rotatable bonds is 5. The number of aliphatic hydroxyl groups excluding tert-OH is 1. The van der Waals surface area contributed by atoms with Crippen LogP contribution in [-0.4, -0.2) is 62.0 Å². The number of nitrogens with one attached hydrogen (secondary N) is 1. The van der Waals surface area contributed by atoms with Crippen molar-refractivity contribution >= 4 is 0 Å². The SMILES string of the molecule is COCCC(C)(CO)N1CCCNCC1. The van der Waals surface area contributed by atoms with Gasteiger partial charge in [-0.3, -0.25) is 4.90 Å². The summed E-state index contributed by atoms with van der Waals surface area (Å²) in [6, 6.07) is 0. The summed E-state index contributed by atoms with van der Waals surface area (Å²) in [7, 11) is 1.71. The highest BCUT2D eigenvalue weighted by atomic mass is 16.5. The minimum absolute atomic E-state index is 0.123. The zero-order valence-electron chi connectivity index (χ0n) is 9.96. The number of methoxy groups -OCH3 is 1. The highest BCUT2D eigenvalue weighted by Gasteiger charge is 2.30. The van der Waals surface area contributed by atoms with E-state index in [1.807, 2.05) is 0 Å². The highest BCUT2D eigenvalue weighted by Crippen LogP contribution is 2.19. The Morgan fingerprint density at radius 2 is 2.20 bits per heavy atom. The fourth-order valence-electron chi connectivity index (χ4n) is 2.04. The first kappa shape index (κ1) is 12.9. The summed E-state index contributed by atoms with van der Waals surface area (Å²) >= 11 is 0. The minimum atomic E-state index is -0.123. The van der Waals surface area contributed by atoms with E-state index in [2.05, 4.69) is 17.1 Å². The highest BCUT2D eigenvalue weighted by molar-refractivity contribution is 4.87. The quantitative estimate of drug-likeness (QED) is 0.682. The topological polar surface area (TPSA) is 44.7 Å². The van der Waals surface area contributed by atoms with Gasteiger partial charge in [0.15, 0.2) is 0 Å². The Hall–Kier alpha value is -0.160. The number of hydrogen-bond acceptors (Lipinski definition) is 4. The molecule has 1 fully saturated rings. The molecule has 2 N–H and O–H groups in total. The minimum Gasteiger partial charge on any atom is -0.394 e. The summed E-state index contributed by atoms with van der Waals surface area (Å²) in [6.07, 6.45) is 2.04. The van der Waals surface area contributed by atoms with Crippen LogP contribution in [0.4, 0.5) is 0 Å². The first-order valence-corrected chi connectivity index (χ1v) is 5.78. The second kappa shape index (κ2) is 6.43. The Morgan fingerprint density at radius 1 is 1.40 bits per heavy atom. The molecule has 0 amide bonds. The maximum atomic E-state index is 9.54. The van der Waals surface area contributed by atoms with Crippen molar-refractivity contribution in [2.24, 2.45) is 0 Å². The summed E-state index contributed by atoms with van der Waals surface area (Å²) in [4.78, 5) is 2.38. The van der Waals surface area contributed by atoms with E-state index in [1.165, 1.54) is 0 Å². The first-order chi connectivity index (χ1) is 7.23. The van der Waals surface area contributed by atoms with Crippen LogP contribution in [0.25, 0.3) is 0 Å². The molecule has 4 nitrogen and oxygen atoms in total. The molecule has 0 saturated carbocycles. The molecule has 1 unspecified atom stereocenters. The standard InChI is InChI=1S/C11H24N2O2/c1-11(10-14,4-9-15-2)13-7-3-5-12-6-8-13/h12,14H,3-10H2,1-2H3. The average molecular weight is 216 g/mol. The largest absolute Gasteiger partial charge is 0.394 e. The van der Waals surface area contributed by atoms with E-state index in [4.69, 9.17) is 4.74 Å². The van der Waals surface area contributed by atoms with Crippen molar-refractivity contribution in [2.45, 2.75) is 25.3 Å². The van der Waals surface area contributed by atoms with E-state index < -0.39 is 0 Å². The molecule has 1 heterocycles. The summed E-state index contributed by atoms with van der Waals surface area (Å²) in [5.41, 5.74) is -0.123. The maximum absolute atomic E-state index is 9.54. The summed E-state index contributed by atoms with van der Waals surface area (Å²) in [5.74, 6) is 0. The molecular formula is C11H24N2O2. The maximum Gasteiger partial charge on any atom is 0.0613 e. The predicted molar refractivity (Wildman–Crippen MR) is 61.0 cm³/mol. The molecule has 0 aromatic heterocycles. The number of aliphatic hydroxyl groups is 1. The number of nitrogens with zero attached hydrogens (tertiary/aromatic N) is 1. The molecule has 1 rings (SSSR count). The molecule has 1 aliphatic rings. The number of hydrogen-bond donors (Lipinski definition) is 2. The molecule has 0 aromatic rings. The Bertz CT molecular complexity index is 170. The van der Waals surface area contributed by atoms with Gasteiger partial charge in [-0.25, -0.2) is 0 Å². The smallest absolute Gasteiger partial charge is 0.0613 e. The lowest BCUT2D eigenvalue weighted by molar-refractivity contribution is 0.0212. The zero-order chi connectivity index (χ0) is 11.1. The van der Waals surface area contributed by atoms with Crippen molar-refractivity contribution in [1.29, 1.82) is 0 Å². The fourth-order valence-corrected chi connectivity index (χ4v) is 2.04. The Labute approximate surface area is 92.6 Å². The summed E-state index contributed by atoms with van der Waals surface area (Å²) in [6.45, 7) is 7.22. The Balaban J connectivity index is 2.52. The van der Waals surface area contributed by atoms with Crippen molar-refractivity contribution in [3.63, 3.8) is 0 Å². The number of ether oxygens (including phenoxy) is 1. The molecule has 1 saturated heterocycles. The van der Waals surface area contributed by atoms with Crippen molar-refractivity contribution in [3.05, 3.63) is 0 Å². The van der Waals surface area contributed by atoms with Gasteiger partial charge in [0.05, 0.1) is 6.61 Å². The third kappa shape index (κ3) is 3.72. The van der Waals surface area contributed by atoms with Crippen molar-refractivity contribution < 1.29 is 9.84 Å². The lowest BCUT2D eigenvalue weighted by atomic mass is 9.96. The van der Waals surface area contributed by atoms with Gasteiger partial charge < -0.3 is 15.2 Å². The van der Waals surface area contributed by atoms with Gasteiger partial charge in [-0.05, 0) is 26.3 Å². The van der Waals surface area contributed by atoms with Crippen LogP contribution in [0.5, 0.6) is 0 Å². The van der Waals surface area contributed by atoms with E-state index in [0.29, 0.717) is 6.61 Å².